The van der Waals surface area contributed by atoms with Crippen molar-refractivity contribution >= 4 is 16.0 Å². The van der Waals surface area contributed by atoms with Gasteiger partial charge in [0, 0.05) is 25.2 Å². The van der Waals surface area contributed by atoms with Crippen molar-refractivity contribution < 1.29 is 18.3 Å². The number of rotatable bonds is 3. The van der Waals surface area contributed by atoms with Gasteiger partial charge in [-0.15, -0.1) is 0 Å². The highest BCUT2D eigenvalue weighted by Crippen LogP contribution is 2.31. The zero-order chi connectivity index (χ0) is 14.4. The van der Waals surface area contributed by atoms with Crippen LogP contribution in [0.25, 0.3) is 0 Å². The monoisotopic (exact) mass is 287 g/mol. The van der Waals surface area contributed by atoms with Gasteiger partial charge in [0.15, 0.2) is 5.03 Å². The second-order valence-corrected chi connectivity index (χ2v) is 6.65. The van der Waals surface area contributed by atoms with Gasteiger partial charge in [0.05, 0.1) is 12.1 Å². The summed E-state index contributed by atoms with van der Waals surface area (Å²) in [5, 5.41) is 13.1. The number of aromatic nitrogens is 2. The van der Waals surface area contributed by atoms with E-state index in [2.05, 4.69) is 5.10 Å². The lowest BCUT2D eigenvalue weighted by molar-refractivity contribution is -0.142. The van der Waals surface area contributed by atoms with Crippen molar-refractivity contribution in [1.82, 2.24) is 14.1 Å². The van der Waals surface area contributed by atoms with Crippen LogP contribution in [0.4, 0.5) is 0 Å². The average molecular weight is 287 g/mol. The van der Waals surface area contributed by atoms with Crippen LogP contribution in [0.15, 0.2) is 11.2 Å². The van der Waals surface area contributed by atoms with Crippen molar-refractivity contribution in [3.05, 3.63) is 11.8 Å². The standard InChI is InChI=1S/C11H17N3O4S/c1-7-6-12-13(3)10(7)19(17,18)14-5-4-9(8(14)2)11(15)16/h6,8-9H,4-5H2,1-3H3,(H,15,16). The Morgan fingerprint density at radius 3 is 2.58 bits per heavy atom. The Morgan fingerprint density at radius 2 is 2.16 bits per heavy atom. The molecule has 0 spiro atoms. The maximum Gasteiger partial charge on any atom is 0.308 e. The van der Waals surface area contributed by atoms with Crippen molar-refractivity contribution in [1.29, 1.82) is 0 Å². The molecule has 8 heteroatoms. The van der Waals surface area contributed by atoms with Gasteiger partial charge in [0.1, 0.15) is 0 Å². The van der Waals surface area contributed by atoms with Crippen LogP contribution in [0, 0.1) is 12.8 Å². The van der Waals surface area contributed by atoms with Crippen molar-refractivity contribution in [2.45, 2.75) is 31.3 Å². The van der Waals surface area contributed by atoms with E-state index in [-0.39, 0.29) is 11.6 Å². The second kappa shape index (κ2) is 4.61. The topological polar surface area (TPSA) is 92.5 Å². The minimum atomic E-state index is -3.70. The van der Waals surface area contributed by atoms with Gasteiger partial charge in [-0.25, -0.2) is 8.42 Å². The lowest BCUT2D eigenvalue weighted by Crippen LogP contribution is -2.38. The zero-order valence-corrected chi connectivity index (χ0v) is 11.9. The molecule has 1 aromatic heterocycles. The maximum absolute atomic E-state index is 12.6. The summed E-state index contributed by atoms with van der Waals surface area (Å²) in [7, 11) is -2.14. The number of carboxylic acid groups (broad SMARTS) is 1. The molecular weight excluding hydrogens is 270 g/mol. The summed E-state index contributed by atoms with van der Waals surface area (Å²) in [5.41, 5.74) is 0.563. The normalized spacial score (nSPS) is 24.8. The van der Waals surface area contributed by atoms with Gasteiger partial charge in [-0.1, -0.05) is 0 Å². The fraction of sp³-hybridized carbons (Fsp3) is 0.636. The summed E-state index contributed by atoms with van der Waals surface area (Å²) in [6, 6.07) is -0.545. The quantitative estimate of drug-likeness (QED) is 0.858. The van der Waals surface area contributed by atoms with Gasteiger partial charge >= 0.3 is 5.97 Å². The molecule has 2 heterocycles. The molecule has 1 N–H and O–H groups in total. The van der Waals surface area contributed by atoms with Crippen molar-refractivity contribution in [3.63, 3.8) is 0 Å². The highest BCUT2D eigenvalue weighted by Gasteiger charge is 2.43. The predicted molar refractivity (Wildman–Crippen MR) is 67.0 cm³/mol. The molecule has 1 fully saturated rings. The van der Waals surface area contributed by atoms with Gasteiger partial charge in [0.2, 0.25) is 0 Å². The Bertz CT molecular complexity index is 588. The van der Waals surface area contributed by atoms with E-state index in [0.29, 0.717) is 12.0 Å². The molecule has 7 nitrogen and oxygen atoms in total. The first-order valence-electron chi connectivity index (χ1n) is 6.00. The molecule has 0 aliphatic carbocycles. The molecule has 2 unspecified atom stereocenters. The fourth-order valence-electron chi connectivity index (χ4n) is 2.60. The van der Waals surface area contributed by atoms with Crippen LogP contribution in [-0.4, -0.2) is 46.2 Å². The third-order valence-corrected chi connectivity index (χ3v) is 5.83. The van der Waals surface area contributed by atoms with E-state index in [1.54, 1.807) is 20.9 Å². The smallest absolute Gasteiger partial charge is 0.308 e. The van der Waals surface area contributed by atoms with Gasteiger partial charge in [-0.2, -0.15) is 9.40 Å². The summed E-state index contributed by atoms with van der Waals surface area (Å²) in [6.07, 6.45) is 1.83. The first-order valence-corrected chi connectivity index (χ1v) is 7.44. The number of carbonyl (C=O) groups is 1. The summed E-state index contributed by atoms with van der Waals surface area (Å²) in [4.78, 5) is 11.1. The third-order valence-electron chi connectivity index (χ3n) is 3.62. The van der Waals surface area contributed by atoms with Crippen LogP contribution in [-0.2, 0) is 21.9 Å². The van der Waals surface area contributed by atoms with E-state index in [9.17, 15) is 13.2 Å². The first kappa shape index (κ1) is 14.0. The molecule has 19 heavy (non-hydrogen) atoms. The van der Waals surface area contributed by atoms with E-state index in [0.717, 1.165) is 0 Å². The molecule has 0 bridgehead atoms. The van der Waals surface area contributed by atoms with Crippen molar-refractivity contribution in [2.24, 2.45) is 13.0 Å². The van der Waals surface area contributed by atoms with Crippen LogP contribution < -0.4 is 0 Å². The van der Waals surface area contributed by atoms with E-state index in [4.69, 9.17) is 5.11 Å². The Balaban J connectivity index is 2.40. The minimum Gasteiger partial charge on any atom is -0.481 e. The van der Waals surface area contributed by atoms with Crippen LogP contribution in [0.3, 0.4) is 0 Å². The first-order chi connectivity index (χ1) is 8.76. The Morgan fingerprint density at radius 1 is 1.53 bits per heavy atom. The average Bonchev–Trinajstić information content (AvgIpc) is 2.82. The van der Waals surface area contributed by atoms with Gasteiger partial charge in [-0.3, -0.25) is 9.48 Å². The van der Waals surface area contributed by atoms with E-state index < -0.39 is 28.0 Å². The number of nitrogens with zero attached hydrogens (tertiary/aromatic N) is 3. The van der Waals surface area contributed by atoms with Crippen LogP contribution in [0.5, 0.6) is 0 Å². The molecule has 1 aliphatic rings. The van der Waals surface area contributed by atoms with E-state index >= 15 is 0 Å². The van der Waals surface area contributed by atoms with Gasteiger partial charge in [-0.05, 0) is 20.3 Å². The molecule has 1 aliphatic heterocycles. The number of aryl methyl sites for hydroxylation is 2. The van der Waals surface area contributed by atoms with Gasteiger partial charge < -0.3 is 5.11 Å². The largest absolute Gasteiger partial charge is 0.481 e. The Hall–Kier alpha value is -1.41. The van der Waals surface area contributed by atoms with Crippen LogP contribution in [0.1, 0.15) is 18.9 Å². The van der Waals surface area contributed by atoms with Crippen molar-refractivity contribution in [2.75, 3.05) is 6.54 Å². The number of hydrogen-bond donors (Lipinski definition) is 1. The number of sulfonamides is 1. The third kappa shape index (κ3) is 2.14. The molecule has 0 aromatic carbocycles. The van der Waals surface area contributed by atoms with Crippen molar-refractivity contribution in [3.8, 4) is 0 Å². The van der Waals surface area contributed by atoms with E-state index in [1.807, 2.05) is 0 Å². The molecular formula is C11H17N3O4S. The molecule has 106 valence electrons. The maximum atomic E-state index is 12.6. The molecule has 1 aromatic rings. The lowest BCUT2D eigenvalue weighted by atomic mass is 10.0. The highest BCUT2D eigenvalue weighted by atomic mass is 32.2. The Labute approximate surface area is 111 Å². The molecule has 0 radical (unpaired) electrons. The number of carboxylic acids is 1. The summed E-state index contributed by atoms with van der Waals surface area (Å²) >= 11 is 0. The molecule has 0 amide bonds. The highest BCUT2D eigenvalue weighted by molar-refractivity contribution is 7.89. The van der Waals surface area contributed by atoms with Gasteiger partial charge in [0.25, 0.3) is 10.0 Å². The molecule has 2 rings (SSSR count). The summed E-state index contributed by atoms with van der Waals surface area (Å²) in [6.45, 7) is 3.54. The molecule has 0 saturated carbocycles. The SMILES string of the molecule is Cc1cnn(C)c1S(=O)(=O)N1CCC(C(=O)O)C1C. The molecule has 2 atom stereocenters. The predicted octanol–water partition coefficient (Wildman–Crippen LogP) is 0.212. The Kier molecular flexibility index (Phi) is 3.40. The zero-order valence-electron chi connectivity index (χ0n) is 11.1. The van der Waals surface area contributed by atoms with Crippen LogP contribution >= 0.6 is 0 Å². The number of aliphatic carboxylic acids is 1. The lowest BCUT2D eigenvalue weighted by Gasteiger charge is -2.23. The number of hydrogen-bond acceptors (Lipinski definition) is 4. The molecule has 1 saturated heterocycles. The minimum absolute atomic E-state index is 0.130. The second-order valence-electron chi connectivity index (χ2n) is 4.85. The summed E-state index contributed by atoms with van der Waals surface area (Å²) < 4.78 is 27.7. The van der Waals surface area contributed by atoms with E-state index in [1.165, 1.54) is 15.2 Å². The van der Waals surface area contributed by atoms with Crippen LogP contribution in [0.2, 0.25) is 0 Å². The summed E-state index contributed by atoms with van der Waals surface area (Å²) in [5.74, 6) is -1.60. The fourth-order valence-corrected chi connectivity index (χ4v) is 4.59.